The number of carbonyl (C=O) groups is 3. The van der Waals surface area contributed by atoms with Crippen molar-refractivity contribution >= 4 is 23.4 Å². The van der Waals surface area contributed by atoms with E-state index in [1.54, 1.807) is 0 Å². The number of ether oxygens (including phenoxy) is 1. The molecule has 3 aliphatic rings. The molecule has 7 nitrogen and oxygen atoms in total. The van der Waals surface area contributed by atoms with Gasteiger partial charge in [-0.2, -0.15) is 0 Å². The number of fused-ring (bicyclic) bond motifs is 1. The van der Waals surface area contributed by atoms with Crippen molar-refractivity contribution in [2.45, 2.75) is 44.6 Å². The molecule has 5 rings (SSSR count). The SMILES string of the molecule is Cc1ccc(C(=O)N2CCC(C(=O)N3CCC4(CC3)CC(=O)Nc3ccccc3O4)CC2)cc1. The van der Waals surface area contributed by atoms with E-state index >= 15 is 0 Å². The number of nitrogens with one attached hydrogen (secondary N) is 1. The minimum atomic E-state index is -0.572. The summed E-state index contributed by atoms with van der Waals surface area (Å²) < 4.78 is 6.35. The highest BCUT2D eigenvalue weighted by Gasteiger charge is 2.43. The first-order chi connectivity index (χ1) is 16.4. The molecular weight excluding hydrogens is 430 g/mol. The molecule has 0 aromatic heterocycles. The molecule has 3 aliphatic heterocycles. The van der Waals surface area contributed by atoms with Crippen molar-refractivity contribution in [2.24, 2.45) is 5.92 Å². The fourth-order valence-electron chi connectivity index (χ4n) is 5.30. The summed E-state index contributed by atoms with van der Waals surface area (Å²) >= 11 is 0. The monoisotopic (exact) mass is 461 g/mol. The lowest BCUT2D eigenvalue weighted by Gasteiger charge is -2.42. The molecule has 0 aliphatic carbocycles. The molecule has 2 aromatic rings. The Balaban J connectivity index is 1.16. The smallest absolute Gasteiger partial charge is 0.253 e. The Bertz CT molecular complexity index is 1080. The molecule has 0 radical (unpaired) electrons. The second-order valence-electron chi connectivity index (χ2n) is 9.76. The number of anilines is 1. The molecule has 1 N–H and O–H groups in total. The van der Waals surface area contributed by atoms with Crippen LogP contribution in [0.4, 0.5) is 5.69 Å². The van der Waals surface area contributed by atoms with Crippen LogP contribution >= 0.6 is 0 Å². The van der Waals surface area contributed by atoms with Crippen LogP contribution in [0, 0.1) is 12.8 Å². The van der Waals surface area contributed by atoms with Crippen molar-refractivity contribution in [1.29, 1.82) is 0 Å². The van der Waals surface area contributed by atoms with Gasteiger partial charge in [0.05, 0.1) is 12.1 Å². The van der Waals surface area contributed by atoms with E-state index in [9.17, 15) is 14.4 Å². The van der Waals surface area contributed by atoms with Crippen LogP contribution in [0.15, 0.2) is 48.5 Å². The van der Waals surface area contributed by atoms with Gasteiger partial charge in [-0.25, -0.2) is 0 Å². The number of carbonyl (C=O) groups excluding carboxylic acids is 3. The van der Waals surface area contributed by atoms with Crippen LogP contribution in [0.3, 0.4) is 0 Å². The van der Waals surface area contributed by atoms with Gasteiger partial charge in [0.1, 0.15) is 11.4 Å². The number of rotatable bonds is 2. The van der Waals surface area contributed by atoms with Crippen LogP contribution < -0.4 is 10.1 Å². The minimum Gasteiger partial charge on any atom is -0.484 e. The maximum absolute atomic E-state index is 13.2. The molecular formula is C27H31N3O4. The van der Waals surface area contributed by atoms with Crippen LogP contribution in [0.1, 0.15) is 48.0 Å². The number of hydrogen-bond donors (Lipinski definition) is 1. The molecule has 34 heavy (non-hydrogen) atoms. The van der Waals surface area contributed by atoms with Gasteiger partial charge in [0.25, 0.3) is 5.91 Å². The first kappa shape index (κ1) is 22.4. The number of aryl methyl sites for hydroxylation is 1. The van der Waals surface area contributed by atoms with Gasteiger partial charge in [0.15, 0.2) is 0 Å². The third-order valence-corrected chi connectivity index (χ3v) is 7.39. The van der Waals surface area contributed by atoms with Gasteiger partial charge in [-0.1, -0.05) is 29.8 Å². The maximum atomic E-state index is 13.2. The lowest BCUT2D eigenvalue weighted by Crippen LogP contribution is -2.52. The van der Waals surface area contributed by atoms with Gasteiger partial charge in [-0.3, -0.25) is 14.4 Å². The zero-order chi connectivity index (χ0) is 23.7. The number of piperidine rings is 2. The molecule has 2 saturated heterocycles. The van der Waals surface area contributed by atoms with Gasteiger partial charge in [0.2, 0.25) is 11.8 Å². The van der Waals surface area contributed by atoms with E-state index in [4.69, 9.17) is 4.74 Å². The van der Waals surface area contributed by atoms with E-state index in [1.165, 1.54) is 0 Å². The highest BCUT2D eigenvalue weighted by molar-refractivity contribution is 5.95. The van der Waals surface area contributed by atoms with E-state index < -0.39 is 5.60 Å². The summed E-state index contributed by atoms with van der Waals surface area (Å²) in [6, 6.07) is 15.1. The van der Waals surface area contributed by atoms with Crippen LogP contribution in [0.25, 0.3) is 0 Å². The molecule has 0 atom stereocenters. The van der Waals surface area contributed by atoms with E-state index in [0.29, 0.717) is 75.3 Å². The number of hydrogen-bond acceptors (Lipinski definition) is 4. The Morgan fingerprint density at radius 1 is 0.941 bits per heavy atom. The van der Waals surface area contributed by atoms with Gasteiger partial charge in [-0.05, 0) is 44.0 Å². The predicted octanol–water partition coefficient (Wildman–Crippen LogP) is 3.63. The zero-order valence-electron chi connectivity index (χ0n) is 19.6. The number of benzene rings is 2. The van der Waals surface area contributed by atoms with Crippen LogP contribution in [-0.4, -0.2) is 59.3 Å². The Labute approximate surface area is 200 Å². The van der Waals surface area contributed by atoms with Crippen molar-refractivity contribution in [3.63, 3.8) is 0 Å². The molecule has 3 amide bonds. The second-order valence-corrected chi connectivity index (χ2v) is 9.76. The molecule has 2 fully saturated rings. The average Bonchev–Trinajstić information content (AvgIpc) is 2.99. The Morgan fingerprint density at radius 3 is 2.32 bits per heavy atom. The number of likely N-dealkylation sites (tertiary alicyclic amines) is 2. The fraction of sp³-hybridized carbons (Fsp3) is 0.444. The minimum absolute atomic E-state index is 0.0369. The van der Waals surface area contributed by atoms with Crippen LogP contribution in [0.2, 0.25) is 0 Å². The lowest BCUT2D eigenvalue weighted by molar-refractivity contribution is -0.141. The average molecular weight is 462 g/mol. The number of nitrogens with zero attached hydrogens (tertiary/aromatic N) is 2. The first-order valence-corrected chi connectivity index (χ1v) is 12.2. The molecule has 1 spiro atoms. The molecule has 0 unspecified atom stereocenters. The highest BCUT2D eigenvalue weighted by atomic mass is 16.5. The van der Waals surface area contributed by atoms with Gasteiger partial charge in [0, 0.05) is 50.5 Å². The van der Waals surface area contributed by atoms with Crippen LogP contribution in [0.5, 0.6) is 5.75 Å². The van der Waals surface area contributed by atoms with Crippen molar-refractivity contribution in [1.82, 2.24) is 9.80 Å². The third kappa shape index (κ3) is 4.52. The summed E-state index contributed by atoms with van der Waals surface area (Å²) in [7, 11) is 0. The number of para-hydroxylation sites is 2. The van der Waals surface area contributed by atoms with Gasteiger partial charge < -0.3 is 19.9 Å². The summed E-state index contributed by atoms with van der Waals surface area (Å²) in [4.78, 5) is 42.3. The topological polar surface area (TPSA) is 79.0 Å². The first-order valence-electron chi connectivity index (χ1n) is 12.2. The Morgan fingerprint density at radius 2 is 1.62 bits per heavy atom. The van der Waals surface area contributed by atoms with E-state index in [0.717, 1.165) is 5.56 Å². The molecule has 3 heterocycles. The van der Waals surface area contributed by atoms with E-state index in [2.05, 4.69) is 5.32 Å². The van der Waals surface area contributed by atoms with E-state index in [-0.39, 0.29) is 23.6 Å². The maximum Gasteiger partial charge on any atom is 0.253 e. The fourth-order valence-corrected chi connectivity index (χ4v) is 5.30. The molecule has 0 bridgehead atoms. The molecule has 178 valence electrons. The van der Waals surface area contributed by atoms with Crippen LogP contribution in [-0.2, 0) is 9.59 Å². The summed E-state index contributed by atoms with van der Waals surface area (Å²) in [6.45, 7) is 4.36. The van der Waals surface area contributed by atoms with Crippen molar-refractivity contribution < 1.29 is 19.1 Å². The van der Waals surface area contributed by atoms with Gasteiger partial charge in [-0.15, -0.1) is 0 Å². The predicted molar refractivity (Wildman–Crippen MR) is 129 cm³/mol. The number of amides is 3. The molecule has 7 heteroatoms. The Kier molecular flexibility index (Phi) is 6.02. The summed E-state index contributed by atoms with van der Waals surface area (Å²) in [5.41, 5.74) is 1.96. The Hall–Kier alpha value is -3.35. The largest absolute Gasteiger partial charge is 0.484 e. The van der Waals surface area contributed by atoms with Crippen molar-refractivity contribution in [3.05, 3.63) is 59.7 Å². The summed E-state index contributed by atoms with van der Waals surface area (Å²) in [6.07, 6.45) is 2.93. The second kappa shape index (κ2) is 9.12. The normalized spacial score (nSPS) is 20.2. The van der Waals surface area contributed by atoms with Crippen molar-refractivity contribution in [3.8, 4) is 5.75 Å². The van der Waals surface area contributed by atoms with E-state index in [1.807, 2.05) is 65.3 Å². The molecule has 2 aromatic carbocycles. The quantitative estimate of drug-likeness (QED) is 0.741. The lowest BCUT2D eigenvalue weighted by atomic mass is 9.86. The molecule has 0 saturated carbocycles. The van der Waals surface area contributed by atoms with Gasteiger partial charge >= 0.3 is 0 Å². The van der Waals surface area contributed by atoms with Crippen molar-refractivity contribution in [2.75, 3.05) is 31.5 Å². The summed E-state index contributed by atoms with van der Waals surface area (Å²) in [5, 5.41) is 2.93. The standard InChI is InChI=1S/C27H31N3O4/c1-19-6-8-20(9-7-19)25(32)29-14-10-21(11-15-29)26(33)30-16-12-27(13-17-30)18-24(31)28-22-4-2-3-5-23(22)34-27/h2-9,21H,10-18H2,1H3,(H,28,31). The summed E-state index contributed by atoms with van der Waals surface area (Å²) in [5.74, 6) is 0.787. The third-order valence-electron chi connectivity index (χ3n) is 7.39. The zero-order valence-corrected chi connectivity index (χ0v) is 19.6. The highest BCUT2D eigenvalue weighted by Crippen LogP contribution is 2.38.